The summed E-state index contributed by atoms with van der Waals surface area (Å²) in [6.45, 7) is 5.86. The van der Waals surface area contributed by atoms with Gasteiger partial charge in [-0.2, -0.15) is 4.98 Å². The van der Waals surface area contributed by atoms with Gasteiger partial charge in [-0.05, 0) is 56.8 Å². The molecule has 15 heteroatoms. The fourth-order valence-corrected chi connectivity index (χ4v) is 5.12. The lowest BCUT2D eigenvalue weighted by molar-refractivity contribution is -0.112. The molecule has 2 amide bonds. The van der Waals surface area contributed by atoms with Gasteiger partial charge in [0, 0.05) is 57.4 Å². The highest BCUT2D eigenvalue weighted by Crippen LogP contribution is 2.41. The maximum Gasteiger partial charge on any atom is 0.247 e. The average molecular weight is 612 g/mol. The van der Waals surface area contributed by atoms with Crippen LogP contribution in [0, 0.1) is 5.82 Å². The second-order valence-electron chi connectivity index (χ2n) is 12.3. The minimum atomic E-state index is -0.554. The van der Waals surface area contributed by atoms with Crippen LogP contribution in [0.5, 0.6) is 5.75 Å². The number of hydrogen-bond acceptors (Lipinski definition) is 9. The molecule has 2 aromatic carbocycles. The van der Waals surface area contributed by atoms with Crippen LogP contribution in [-0.2, 0) is 16.0 Å². The molecule has 0 atom stereocenters. The summed E-state index contributed by atoms with van der Waals surface area (Å²) in [4.78, 5) is 41.4. The van der Waals surface area contributed by atoms with Gasteiger partial charge in [-0.1, -0.05) is 6.58 Å². The third kappa shape index (κ3) is 8.36. The molecule has 2 heterocycles. The number of rotatable bonds is 13. The smallest absolute Gasteiger partial charge is 0.247 e. The number of nitrogens with zero attached hydrogens (tertiary/aromatic N) is 6. The van der Waals surface area contributed by atoms with Gasteiger partial charge in [-0.3, -0.25) is 14.5 Å². The molecule has 0 bridgehead atoms. The van der Waals surface area contributed by atoms with Gasteiger partial charge in [0.25, 0.3) is 0 Å². The second kappa shape index (κ2) is 14.1. The molecule has 234 valence electrons. The van der Waals surface area contributed by atoms with Gasteiger partial charge in [-0.25, -0.2) is 9.37 Å². The lowest BCUT2D eigenvalue weighted by Crippen LogP contribution is -2.38. The first kappa shape index (κ1) is 33.4. The Morgan fingerprint density at radius 2 is 1.91 bits per heavy atom. The SMILES string of the molecule is BC(B)(B)Oc1cc(N(C)CCN(C)C)c(NC(=O)C=C)cc1Nc1nccc(N(C=O)c2cc(F)cc3c2N(C)CCC3)n1. The first-order valence-electron chi connectivity index (χ1n) is 14.8. The first-order chi connectivity index (χ1) is 21.3. The highest BCUT2D eigenvalue weighted by molar-refractivity contribution is 6.58. The molecule has 0 aliphatic carbocycles. The number of anilines is 7. The Bertz CT molecular complexity index is 1570. The topological polar surface area (TPSA) is 106 Å². The number of halogens is 1. The maximum atomic E-state index is 14.7. The molecule has 0 saturated heterocycles. The van der Waals surface area contributed by atoms with E-state index in [4.69, 9.17) is 4.74 Å². The van der Waals surface area contributed by atoms with Gasteiger partial charge in [0.05, 0.1) is 28.4 Å². The number of carbonyl (C=O) groups is 2. The Morgan fingerprint density at radius 1 is 1.16 bits per heavy atom. The molecule has 0 saturated carbocycles. The highest BCUT2D eigenvalue weighted by atomic mass is 19.1. The summed E-state index contributed by atoms with van der Waals surface area (Å²) in [5.74, 6) is 0.148. The predicted octanol–water partition coefficient (Wildman–Crippen LogP) is 1.05. The maximum absolute atomic E-state index is 14.7. The van der Waals surface area contributed by atoms with E-state index in [-0.39, 0.29) is 17.7 Å². The molecule has 1 aliphatic rings. The van der Waals surface area contributed by atoms with Crippen molar-refractivity contribution in [1.82, 2.24) is 14.9 Å². The molecule has 0 radical (unpaired) electrons. The fourth-order valence-electron chi connectivity index (χ4n) is 5.12. The van der Waals surface area contributed by atoms with Crippen LogP contribution >= 0.6 is 0 Å². The number of carbonyl (C=O) groups excluding carboxylic acids is 2. The largest absolute Gasteiger partial charge is 0.511 e. The number of ether oxygens (including phenoxy) is 1. The van der Waals surface area contributed by atoms with Gasteiger partial charge in [0.15, 0.2) is 0 Å². The van der Waals surface area contributed by atoms with Gasteiger partial charge in [0.2, 0.25) is 18.3 Å². The molecular formula is C30H40B3FN8O3. The van der Waals surface area contributed by atoms with Crippen LogP contribution < -0.4 is 30.1 Å². The van der Waals surface area contributed by atoms with Crippen LogP contribution in [0.2, 0.25) is 0 Å². The van der Waals surface area contributed by atoms with E-state index in [0.29, 0.717) is 35.8 Å². The number of likely N-dealkylation sites (N-methyl/N-ethyl adjacent to an activating group) is 2. The highest BCUT2D eigenvalue weighted by Gasteiger charge is 2.25. The zero-order valence-electron chi connectivity index (χ0n) is 27.1. The average Bonchev–Trinajstić information content (AvgIpc) is 2.96. The van der Waals surface area contributed by atoms with E-state index in [0.717, 1.165) is 42.9 Å². The summed E-state index contributed by atoms with van der Waals surface area (Å²) in [7, 11) is 13.7. The van der Waals surface area contributed by atoms with Crippen LogP contribution in [0.25, 0.3) is 0 Å². The summed E-state index contributed by atoms with van der Waals surface area (Å²) >= 11 is 0. The number of nitrogens with one attached hydrogen (secondary N) is 2. The van der Waals surface area contributed by atoms with Gasteiger partial charge in [-0.15, -0.1) is 0 Å². The normalized spacial score (nSPS) is 12.7. The molecule has 2 N–H and O–H groups in total. The van der Waals surface area contributed by atoms with Crippen molar-refractivity contribution in [3.05, 3.63) is 60.6 Å². The van der Waals surface area contributed by atoms with Gasteiger partial charge >= 0.3 is 0 Å². The summed E-state index contributed by atoms with van der Waals surface area (Å²) in [5, 5.41) is 5.56. The Labute approximate surface area is 267 Å². The molecule has 0 spiro atoms. The molecule has 1 aromatic heterocycles. The van der Waals surface area contributed by atoms with E-state index in [9.17, 15) is 14.0 Å². The Morgan fingerprint density at radius 3 is 2.58 bits per heavy atom. The minimum absolute atomic E-state index is 0.173. The van der Waals surface area contributed by atoms with Gasteiger partial charge < -0.3 is 30.1 Å². The van der Waals surface area contributed by atoms with Crippen molar-refractivity contribution in [2.75, 3.05) is 73.2 Å². The summed E-state index contributed by atoms with van der Waals surface area (Å²) < 4.78 is 21.1. The Balaban J connectivity index is 1.77. The van der Waals surface area contributed by atoms with E-state index in [1.807, 2.05) is 67.6 Å². The molecular weight excluding hydrogens is 572 g/mol. The number of benzene rings is 2. The van der Waals surface area contributed by atoms with E-state index in [2.05, 4.69) is 32.1 Å². The van der Waals surface area contributed by atoms with Crippen LogP contribution in [0.1, 0.15) is 12.0 Å². The number of hydrogen-bond donors (Lipinski definition) is 2. The summed E-state index contributed by atoms with van der Waals surface area (Å²) in [5.41, 5.74) is 3.81. The molecule has 3 aromatic rings. The molecule has 1 aliphatic heterocycles. The van der Waals surface area contributed by atoms with Crippen LogP contribution in [0.3, 0.4) is 0 Å². The number of fused-ring (bicyclic) bond motifs is 1. The van der Waals surface area contributed by atoms with Crippen LogP contribution in [0.4, 0.5) is 44.6 Å². The van der Waals surface area contributed by atoms with E-state index in [1.165, 1.54) is 29.3 Å². The van der Waals surface area contributed by atoms with Crippen molar-refractivity contribution in [2.45, 2.75) is 18.1 Å². The zero-order chi connectivity index (χ0) is 32.9. The monoisotopic (exact) mass is 612 g/mol. The molecule has 11 nitrogen and oxygen atoms in total. The molecule has 4 rings (SSSR count). The fraction of sp³-hybridized carbons (Fsp3) is 0.333. The van der Waals surface area contributed by atoms with Crippen molar-refractivity contribution in [3.63, 3.8) is 0 Å². The Kier molecular flexibility index (Phi) is 10.4. The molecule has 0 unspecified atom stereocenters. The molecule has 45 heavy (non-hydrogen) atoms. The van der Waals surface area contributed by atoms with E-state index in [1.54, 1.807) is 12.1 Å². The Hall–Kier alpha value is -4.52. The lowest BCUT2D eigenvalue weighted by Gasteiger charge is -2.32. The third-order valence-electron chi connectivity index (χ3n) is 7.21. The van der Waals surface area contributed by atoms with Crippen molar-refractivity contribution in [2.24, 2.45) is 0 Å². The van der Waals surface area contributed by atoms with Crippen molar-refractivity contribution in [1.29, 1.82) is 0 Å². The van der Waals surface area contributed by atoms with E-state index >= 15 is 0 Å². The van der Waals surface area contributed by atoms with Crippen molar-refractivity contribution < 1.29 is 18.7 Å². The number of aromatic nitrogens is 2. The third-order valence-corrected chi connectivity index (χ3v) is 7.21. The van der Waals surface area contributed by atoms with Crippen molar-refractivity contribution >= 4 is 76.1 Å². The number of aryl methyl sites for hydroxylation is 1. The van der Waals surface area contributed by atoms with Crippen LogP contribution in [-0.4, -0.2) is 104 Å². The lowest BCUT2D eigenvalue weighted by atomic mass is 9.52. The van der Waals surface area contributed by atoms with Crippen LogP contribution in [0.15, 0.2) is 49.2 Å². The standard InChI is InChI=1S/C30H40B3FN8O3/c1-6-27(44)36-21-16-22(25(45-30(31,32)33)17-23(21)40(4)13-12-39(2)3)37-29-35-10-9-26(38-29)42(18-43)24-15-20(34)14-19-8-7-11-41(5)28(19)24/h6,9-10,14-18H,1,7-8,11-13,31-33H2,2-5H3,(H,36,44)(H,35,37,38). The number of amides is 2. The first-order valence-corrected chi connectivity index (χ1v) is 14.8. The van der Waals surface area contributed by atoms with Gasteiger partial charge in [0.1, 0.15) is 40.9 Å². The quantitative estimate of drug-likeness (QED) is 0.167. The molecule has 0 fully saturated rings. The second-order valence-corrected chi connectivity index (χ2v) is 12.3. The summed E-state index contributed by atoms with van der Waals surface area (Å²) in [6, 6.07) is 8.07. The zero-order valence-corrected chi connectivity index (χ0v) is 27.1. The van der Waals surface area contributed by atoms with E-state index < -0.39 is 11.1 Å². The van der Waals surface area contributed by atoms with Crippen molar-refractivity contribution in [3.8, 4) is 5.75 Å². The minimum Gasteiger partial charge on any atom is -0.511 e. The summed E-state index contributed by atoms with van der Waals surface area (Å²) in [6.07, 6.45) is 4.96. The predicted molar refractivity (Wildman–Crippen MR) is 188 cm³/mol.